The van der Waals surface area contributed by atoms with Gasteiger partial charge in [-0.2, -0.15) is 0 Å². The molecule has 6 heteroatoms. The summed E-state index contributed by atoms with van der Waals surface area (Å²) < 4.78 is 6.46. The molecule has 1 spiro atoms. The second-order valence-corrected chi connectivity index (χ2v) is 8.83. The predicted octanol–water partition coefficient (Wildman–Crippen LogP) is 2.37. The van der Waals surface area contributed by atoms with E-state index in [1.54, 1.807) is 0 Å². The SMILES string of the molecule is Cc1ccc(CNC(=O)[C@@H]2CN(C)CC3(CCN(Cc4cccnc4)CC3)O2)cc1. The lowest BCUT2D eigenvalue weighted by Crippen LogP contribution is -2.61. The van der Waals surface area contributed by atoms with Gasteiger partial charge in [0.15, 0.2) is 0 Å². The topological polar surface area (TPSA) is 57.7 Å². The van der Waals surface area contributed by atoms with Gasteiger partial charge in [0.05, 0.1) is 5.60 Å². The summed E-state index contributed by atoms with van der Waals surface area (Å²) in [6.07, 6.45) is 5.21. The lowest BCUT2D eigenvalue weighted by molar-refractivity contribution is -0.182. The van der Waals surface area contributed by atoms with Gasteiger partial charge in [-0.1, -0.05) is 35.9 Å². The summed E-state index contributed by atoms with van der Waals surface area (Å²) in [7, 11) is 2.09. The Labute approximate surface area is 179 Å². The minimum absolute atomic E-state index is 0.0145. The highest BCUT2D eigenvalue weighted by Gasteiger charge is 2.43. The number of benzene rings is 1. The third kappa shape index (κ3) is 5.25. The molecule has 160 valence electrons. The summed E-state index contributed by atoms with van der Waals surface area (Å²) in [5.41, 5.74) is 3.34. The van der Waals surface area contributed by atoms with E-state index in [0.717, 1.165) is 44.6 Å². The van der Waals surface area contributed by atoms with Crippen molar-refractivity contribution in [2.75, 3.05) is 33.2 Å². The fourth-order valence-corrected chi connectivity index (χ4v) is 4.51. The van der Waals surface area contributed by atoms with E-state index in [1.807, 2.05) is 18.5 Å². The molecule has 6 nitrogen and oxygen atoms in total. The number of amides is 1. The van der Waals surface area contributed by atoms with E-state index in [2.05, 4.69) is 64.4 Å². The van der Waals surface area contributed by atoms with Crippen LogP contribution in [0.15, 0.2) is 48.8 Å². The molecule has 4 rings (SSSR count). The van der Waals surface area contributed by atoms with E-state index >= 15 is 0 Å². The van der Waals surface area contributed by atoms with Gasteiger partial charge < -0.3 is 15.0 Å². The molecule has 0 aliphatic carbocycles. The number of carbonyl (C=O) groups excluding carboxylic acids is 1. The number of nitrogens with one attached hydrogen (secondary N) is 1. The van der Waals surface area contributed by atoms with E-state index in [9.17, 15) is 4.79 Å². The molecule has 1 N–H and O–H groups in total. The van der Waals surface area contributed by atoms with Gasteiger partial charge in [-0.3, -0.25) is 14.7 Å². The number of morpholine rings is 1. The zero-order valence-electron chi connectivity index (χ0n) is 18.0. The highest BCUT2D eigenvalue weighted by molar-refractivity contribution is 5.81. The number of piperidine rings is 1. The first-order valence-corrected chi connectivity index (χ1v) is 10.8. The number of carbonyl (C=O) groups is 1. The number of aromatic nitrogens is 1. The largest absolute Gasteiger partial charge is 0.359 e. The summed E-state index contributed by atoms with van der Waals surface area (Å²) in [6, 6.07) is 12.4. The smallest absolute Gasteiger partial charge is 0.250 e. The monoisotopic (exact) mass is 408 g/mol. The molecule has 2 aliphatic rings. The molecule has 0 saturated carbocycles. The molecule has 0 radical (unpaired) electrons. The number of hydrogen-bond acceptors (Lipinski definition) is 5. The molecule has 2 aliphatic heterocycles. The molecule has 1 aromatic heterocycles. The molecular formula is C24H32N4O2. The number of rotatable bonds is 5. The van der Waals surface area contributed by atoms with Crippen LogP contribution >= 0.6 is 0 Å². The average Bonchev–Trinajstić information content (AvgIpc) is 2.75. The second-order valence-electron chi connectivity index (χ2n) is 8.83. The lowest BCUT2D eigenvalue weighted by atomic mass is 9.88. The number of pyridine rings is 1. The summed E-state index contributed by atoms with van der Waals surface area (Å²) >= 11 is 0. The summed E-state index contributed by atoms with van der Waals surface area (Å²) in [5, 5.41) is 3.06. The van der Waals surface area contributed by atoms with E-state index in [-0.39, 0.29) is 11.5 Å². The number of hydrogen-bond donors (Lipinski definition) is 1. The van der Waals surface area contributed by atoms with Gasteiger partial charge in [-0.25, -0.2) is 0 Å². The minimum Gasteiger partial charge on any atom is -0.359 e. The molecule has 2 aromatic rings. The van der Waals surface area contributed by atoms with Crippen LogP contribution in [0.5, 0.6) is 0 Å². The van der Waals surface area contributed by atoms with Gasteiger partial charge in [0.1, 0.15) is 6.10 Å². The highest BCUT2D eigenvalue weighted by atomic mass is 16.5. The number of likely N-dealkylation sites (tertiary alicyclic amines) is 1. The fourth-order valence-electron chi connectivity index (χ4n) is 4.51. The van der Waals surface area contributed by atoms with Crippen LogP contribution in [0.25, 0.3) is 0 Å². The van der Waals surface area contributed by atoms with Crippen LogP contribution in [0.1, 0.15) is 29.5 Å². The number of aryl methyl sites for hydroxylation is 1. The van der Waals surface area contributed by atoms with Crippen LogP contribution in [0.4, 0.5) is 0 Å². The first-order chi connectivity index (χ1) is 14.5. The normalized spacial score (nSPS) is 22.1. The molecular weight excluding hydrogens is 376 g/mol. The van der Waals surface area contributed by atoms with Crippen LogP contribution in [-0.4, -0.2) is 65.6 Å². The first kappa shape index (κ1) is 21.0. The maximum absolute atomic E-state index is 12.8. The molecule has 2 saturated heterocycles. The maximum atomic E-state index is 12.8. The van der Waals surface area contributed by atoms with Crippen LogP contribution in [-0.2, 0) is 22.6 Å². The molecule has 0 unspecified atom stereocenters. The number of nitrogens with zero attached hydrogens (tertiary/aromatic N) is 3. The van der Waals surface area contributed by atoms with E-state index in [1.165, 1.54) is 11.1 Å². The summed E-state index contributed by atoms with van der Waals surface area (Å²) in [6.45, 7) is 6.99. The van der Waals surface area contributed by atoms with Crippen molar-refractivity contribution in [3.63, 3.8) is 0 Å². The zero-order valence-corrected chi connectivity index (χ0v) is 18.0. The standard InChI is InChI=1S/C24H32N4O2/c1-19-5-7-20(8-6-19)15-26-23(29)22-17-27(2)18-24(30-22)9-12-28(13-10-24)16-21-4-3-11-25-14-21/h3-8,11,14,22H,9-10,12-13,15-18H2,1-2H3,(H,26,29)/t22-/m0/s1. The highest BCUT2D eigenvalue weighted by Crippen LogP contribution is 2.32. The predicted molar refractivity (Wildman–Crippen MR) is 117 cm³/mol. The molecule has 0 bridgehead atoms. The number of ether oxygens (including phenoxy) is 1. The van der Waals surface area contributed by atoms with Crippen LogP contribution in [0.3, 0.4) is 0 Å². The van der Waals surface area contributed by atoms with Crippen molar-refractivity contribution >= 4 is 5.91 Å². The molecule has 3 heterocycles. The Hall–Kier alpha value is -2.28. The summed E-state index contributed by atoms with van der Waals surface area (Å²) in [4.78, 5) is 21.7. The molecule has 1 aromatic carbocycles. The van der Waals surface area contributed by atoms with Crippen molar-refractivity contribution in [1.82, 2.24) is 20.1 Å². The van der Waals surface area contributed by atoms with Crippen molar-refractivity contribution < 1.29 is 9.53 Å². The lowest BCUT2D eigenvalue weighted by Gasteiger charge is -2.48. The van der Waals surface area contributed by atoms with E-state index in [0.29, 0.717) is 13.1 Å². The Bertz CT molecular complexity index is 832. The average molecular weight is 409 g/mol. The van der Waals surface area contributed by atoms with Crippen molar-refractivity contribution in [2.24, 2.45) is 0 Å². The number of likely N-dealkylation sites (N-methyl/N-ethyl adjacent to an activating group) is 1. The Kier molecular flexibility index (Phi) is 6.46. The van der Waals surface area contributed by atoms with Gasteiger partial charge in [0.2, 0.25) is 0 Å². The Morgan fingerprint density at radius 3 is 2.67 bits per heavy atom. The van der Waals surface area contributed by atoms with Gasteiger partial charge >= 0.3 is 0 Å². The fraction of sp³-hybridized carbons (Fsp3) is 0.500. The van der Waals surface area contributed by atoms with Gasteiger partial charge in [0, 0.05) is 51.7 Å². The Morgan fingerprint density at radius 2 is 1.97 bits per heavy atom. The third-order valence-corrected chi connectivity index (χ3v) is 6.20. The van der Waals surface area contributed by atoms with E-state index < -0.39 is 6.10 Å². The van der Waals surface area contributed by atoms with Crippen LogP contribution in [0, 0.1) is 6.92 Å². The van der Waals surface area contributed by atoms with Crippen molar-refractivity contribution in [1.29, 1.82) is 0 Å². The Morgan fingerprint density at radius 1 is 1.20 bits per heavy atom. The Balaban J connectivity index is 1.31. The first-order valence-electron chi connectivity index (χ1n) is 10.8. The maximum Gasteiger partial charge on any atom is 0.250 e. The van der Waals surface area contributed by atoms with Gasteiger partial charge in [-0.15, -0.1) is 0 Å². The van der Waals surface area contributed by atoms with Gasteiger partial charge in [-0.05, 0) is 44.0 Å². The second kappa shape index (κ2) is 9.25. The van der Waals surface area contributed by atoms with Crippen LogP contribution in [0.2, 0.25) is 0 Å². The molecule has 30 heavy (non-hydrogen) atoms. The molecule has 1 amide bonds. The minimum atomic E-state index is -0.418. The van der Waals surface area contributed by atoms with Crippen LogP contribution < -0.4 is 5.32 Å². The van der Waals surface area contributed by atoms with E-state index in [4.69, 9.17) is 4.74 Å². The van der Waals surface area contributed by atoms with Crippen molar-refractivity contribution in [2.45, 2.75) is 44.6 Å². The van der Waals surface area contributed by atoms with Crippen molar-refractivity contribution in [3.8, 4) is 0 Å². The molecule has 1 atom stereocenters. The van der Waals surface area contributed by atoms with Crippen molar-refractivity contribution in [3.05, 3.63) is 65.5 Å². The quantitative estimate of drug-likeness (QED) is 0.823. The molecule has 2 fully saturated rings. The zero-order chi connectivity index (χ0) is 21.0. The van der Waals surface area contributed by atoms with Gasteiger partial charge in [0.25, 0.3) is 5.91 Å². The third-order valence-electron chi connectivity index (χ3n) is 6.20. The summed E-state index contributed by atoms with van der Waals surface area (Å²) in [5.74, 6) is -0.0145.